The van der Waals surface area contributed by atoms with Crippen LogP contribution in [-0.4, -0.2) is 119 Å². The summed E-state index contributed by atoms with van der Waals surface area (Å²) < 4.78 is 23.7. The zero-order valence-corrected chi connectivity index (χ0v) is 44.7. The smallest absolute Gasteiger partial charge is 0.410 e. The first-order valence-corrected chi connectivity index (χ1v) is 25.1. The van der Waals surface area contributed by atoms with Crippen LogP contribution in [-0.2, 0) is 9.47 Å². The molecule has 2 saturated heterocycles. The second-order valence-electron chi connectivity index (χ2n) is 20.3. The largest absolute Gasteiger partial charge is 0.497 e. The molecule has 9 N–H and O–H groups in total. The number of aromatic nitrogens is 6. The van der Waals surface area contributed by atoms with E-state index in [1.165, 1.54) is 26.6 Å². The Morgan fingerprint density at radius 3 is 1.33 bits per heavy atom. The molecule has 6 aromatic rings. The van der Waals surface area contributed by atoms with Crippen molar-refractivity contribution in [3.05, 3.63) is 119 Å². The average molecular weight is 1070 g/mol. The number of methoxy groups -OCH3 is 2. The Bertz CT molecular complexity index is 2970. The Balaban J connectivity index is 0.000000226. The van der Waals surface area contributed by atoms with Crippen LogP contribution in [0.2, 0.25) is 0 Å². The van der Waals surface area contributed by atoms with Gasteiger partial charge in [0.25, 0.3) is 17.7 Å². The van der Waals surface area contributed by atoms with Crippen molar-refractivity contribution >= 4 is 47.5 Å². The van der Waals surface area contributed by atoms with Crippen LogP contribution in [0.15, 0.2) is 85.2 Å². The second-order valence-corrected chi connectivity index (χ2v) is 20.3. The number of nitrogens with one attached hydrogen (secondary N) is 2. The molecule has 0 saturated carbocycles. The Kier molecular flexibility index (Phi) is 17.2. The summed E-state index contributed by atoms with van der Waals surface area (Å²) in [5.74, 6) is 12.1. The first kappa shape index (κ1) is 56.5. The van der Waals surface area contributed by atoms with E-state index in [1.54, 1.807) is 124 Å². The van der Waals surface area contributed by atoms with E-state index < -0.39 is 53.3 Å². The highest BCUT2D eigenvalue weighted by molar-refractivity contribution is 6.05. The zero-order valence-electron chi connectivity index (χ0n) is 44.7. The van der Waals surface area contributed by atoms with Gasteiger partial charge < -0.3 is 52.1 Å². The van der Waals surface area contributed by atoms with E-state index in [-0.39, 0.29) is 34.5 Å². The number of ether oxygens (including phenoxy) is 4. The summed E-state index contributed by atoms with van der Waals surface area (Å²) in [5.41, 5.74) is 6.18. The van der Waals surface area contributed by atoms with Crippen LogP contribution in [0.25, 0.3) is 22.5 Å². The number of aromatic carboxylic acids is 1. The van der Waals surface area contributed by atoms with Crippen molar-refractivity contribution in [2.24, 2.45) is 5.73 Å². The molecule has 2 aliphatic heterocycles. The van der Waals surface area contributed by atoms with Gasteiger partial charge in [0.2, 0.25) is 0 Å². The van der Waals surface area contributed by atoms with Crippen LogP contribution in [0.4, 0.5) is 21.2 Å². The third kappa shape index (κ3) is 13.4. The molecule has 6 heterocycles. The minimum atomic E-state index is -1.27. The summed E-state index contributed by atoms with van der Waals surface area (Å²) in [5, 5.41) is 15.4. The van der Waals surface area contributed by atoms with Crippen LogP contribution in [0.5, 0.6) is 11.5 Å². The Labute approximate surface area is 450 Å². The van der Waals surface area contributed by atoms with Gasteiger partial charge in [0, 0.05) is 59.9 Å². The number of benzene rings is 2. The number of piperidine rings is 2. The van der Waals surface area contributed by atoms with E-state index in [1.807, 2.05) is 0 Å². The number of carboxylic acids is 1. The molecule has 2 aromatic carbocycles. The summed E-state index contributed by atoms with van der Waals surface area (Å²) in [4.78, 5) is 96.7. The fourth-order valence-corrected chi connectivity index (χ4v) is 8.84. The van der Waals surface area contributed by atoms with E-state index in [2.05, 4.69) is 30.6 Å². The van der Waals surface area contributed by atoms with Crippen LogP contribution in [0, 0.1) is 0 Å². The van der Waals surface area contributed by atoms with Gasteiger partial charge >= 0.3 is 18.2 Å². The highest BCUT2D eigenvalue weighted by Gasteiger charge is 2.38. The molecule has 0 bridgehead atoms. The first-order chi connectivity index (χ1) is 37.0. The molecule has 0 unspecified atom stereocenters. The molecular weight excluding hydrogens is 1010 g/mol. The number of carbonyl (C=O) groups excluding carboxylic acids is 5. The molecule has 0 spiro atoms. The molecule has 0 aliphatic carbocycles. The quantitative estimate of drug-likeness (QED) is 0.0644. The maximum atomic E-state index is 13.0. The second kappa shape index (κ2) is 23.8. The minimum Gasteiger partial charge on any atom is -0.497 e. The third-order valence-corrected chi connectivity index (χ3v) is 12.4. The van der Waals surface area contributed by atoms with E-state index in [9.17, 15) is 33.9 Å². The molecule has 2 atom stereocenters. The van der Waals surface area contributed by atoms with Gasteiger partial charge in [-0.1, -0.05) is 24.3 Å². The molecule has 24 nitrogen and oxygen atoms in total. The fraction of sp³-hybridized carbons (Fsp3) is 0.370. The maximum absolute atomic E-state index is 13.0. The normalized spacial score (nSPS) is 15.5. The fourth-order valence-electron chi connectivity index (χ4n) is 8.84. The summed E-state index contributed by atoms with van der Waals surface area (Å²) in [6.07, 6.45) is 6.49. The number of carbonyl (C=O) groups is 6. The number of nitrogen functional groups attached to an aromatic ring is 2. The van der Waals surface area contributed by atoms with E-state index in [0.717, 1.165) is 35.0 Å². The van der Waals surface area contributed by atoms with Crippen LogP contribution in [0.1, 0.15) is 145 Å². The van der Waals surface area contributed by atoms with Crippen molar-refractivity contribution in [3.8, 4) is 34.0 Å². The lowest BCUT2D eigenvalue weighted by Gasteiger charge is -2.36. The number of pyridine rings is 2. The number of likely N-dealkylation sites (tertiary alicyclic amines) is 2. The van der Waals surface area contributed by atoms with Gasteiger partial charge in [0.15, 0.2) is 23.0 Å². The standard InChI is InChI=1S/C27H33N7O5.C27H32N6O6/c1-27(2,3)39-26(37)33-14-6-5-7-19(33)24-32-21(22(23(28)35)34(24)29)16-8-10-17(11-9-16)25(36)31-20-15-18(38-4)12-13-30-20;1-27(2,3)39-26(37)32-14-6-5-7-19(32)23-31-21(22(25(35)36)33(23)28)16-8-10-17(11-9-16)24(34)30-20-15-18(38-4)12-13-29-20/h8-13,15,19H,5-7,14,29H2,1-4H3,(H2,28,35)(H,30,31,36);8-13,15,19H,5-7,14,28H2,1-4H3,(H,35,36)(H,29,30,34)/t2*19-/m00/s1. The van der Waals surface area contributed by atoms with Crippen molar-refractivity contribution in [2.45, 2.75) is 103 Å². The number of hydrogen-bond donors (Lipinski definition) is 6. The molecule has 0 radical (unpaired) electrons. The minimum absolute atomic E-state index is 0.00232. The number of carboxylic acid groups (broad SMARTS) is 1. The van der Waals surface area contributed by atoms with Crippen molar-refractivity contribution in [1.82, 2.24) is 39.1 Å². The number of amides is 5. The molecule has 8 rings (SSSR count). The van der Waals surface area contributed by atoms with E-state index in [4.69, 9.17) is 36.4 Å². The van der Waals surface area contributed by atoms with Crippen molar-refractivity contribution in [3.63, 3.8) is 0 Å². The summed E-state index contributed by atoms with van der Waals surface area (Å²) >= 11 is 0. The summed E-state index contributed by atoms with van der Waals surface area (Å²) in [6.45, 7) is 11.7. The highest BCUT2D eigenvalue weighted by atomic mass is 16.6. The predicted octanol–water partition coefficient (Wildman–Crippen LogP) is 7.56. The van der Waals surface area contributed by atoms with Crippen molar-refractivity contribution in [2.75, 3.05) is 49.6 Å². The SMILES string of the molecule is COc1ccnc(NC(=O)c2ccc(-c3nc([C@@H]4CCCCN4C(=O)OC(C)(C)C)n(N)c3C(=O)O)cc2)c1.COc1ccnc(NC(=O)c2ccc(-c3nc([C@@H]4CCCCN4C(=O)OC(C)(C)C)n(N)c3C(N)=O)cc2)c1. The maximum Gasteiger partial charge on any atom is 0.410 e. The van der Waals surface area contributed by atoms with Crippen LogP contribution >= 0.6 is 0 Å². The molecule has 2 fully saturated rings. The number of rotatable bonds is 12. The summed E-state index contributed by atoms with van der Waals surface area (Å²) in [6, 6.07) is 18.3. The number of primary amides is 1. The number of anilines is 2. The Hall–Kier alpha value is -9.22. The molecular formula is C54H65N13O11. The van der Waals surface area contributed by atoms with Crippen molar-refractivity contribution < 1.29 is 52.8 Å². The number of nitrogens with zero attached hydrogens (tertiary/aromatic N) is 8. The lowest BCUT2D eigenvalue weighted by molar-refractivity contribution is 0.00723. The van der Waals surface area contributed by atoms with Crippen LogP contribution in [0.3, 0.4) is 0 Å². The molecule has 78 heavy (non-hydrogen) atoms. The number of hydrogen-bond acceptors (Lipinski definition) is 16. The van der Waals surface area contributed by atoms with Gasteiger partial charge in [-0.15, -0.1) is 0 Å². The molecule has 24 heteroatoms. The average Bonchev–Trinajstić information content (AvgIpc) is 4.04. The number of imidazole rings is 2. The molecule has 412 valence electrons. The zero-order chi connectivity index (χ0) is 56.6. The van der Waals surface area contributed by atoms with Gasteiger partial charge in [-0.05, 0) is 116 Å². The monoisotopic (exact) mass is 1070 g/mol. The molecule has 5 amide bonds. The molecule has 4 aromatic heterocycles. The molecule has 2 aliphatic rings. The Morgan fingerprint density at radius 1 is 0.590 bits per heavy atom. The van der Waals surface area contributed by atoms with Crippen LogP contribution < -0.4 is 37.5 Å². The predicted molar refractivity (Wildman–Crippen MR) is 288 cm³/mol. The summed E-state index contributed by atoms with van der Waals surface area (Å²) in [7, 11) is 3.04. The third-order valence-electron chi connectivity index (χ3n) is 12.4. The lowest BCUT2D eigenvalue weighted by Crippen LogP contribution is -2.43. The van der Waals surface area contributed by atoms with Gasteiger partial charge in [-0.2, -0.15) is 0 Å². The highest BCUT2D eigenvalue weighted by Crippen LogP contribution is 2.37. The Morgan fingerprint density at radius 2 is 0.974 bits per heavy atom. The lowest BCUT2D eigenvalue weighted by atomic mass is 10.0. The van der Waals surface area contributed by atoms with E-state index >= 15 is 0 Å². The van der Waals surface area contributed by atoms with E-state index in [0.29, 0.717) is 77.1 Å². The number of nitrogens with two attached hydrogens (primary N) is 3. The van der Waals surface area contributed by atoms with Gasteiger partial charge in [0.05, 0.1) is 26.3 Å². The van der Waals surface area contributed by atoms with Gasteiger partial charge in [-0.25, -0.2) is 43.7 Å². The topological polar surface area (TPSA) is 330 Å². The van der Waals surface area contributed by atoms with Crippen molar-refractivity contribution in [1.29, 1.82) is 0 Å². The van der Waals surface area contributed by atoms with Gasteiger partial charge in [-0.3, -0.25) is 24.2 Å². The van der Waals surface area contributed by atoms with Gasteiger partial charge in [0.1, 0.15) is 45.7 Å². The first-order valence-electron chi connectivity index (χ1n) is 25.1.